The minimum atomic E-state index is -1.41. The molecule has 3 heterocycles. The number of nitrogens with zero attached hydrogens (tertiary/aromatic N) is 3. The van der Waals surface area contributed by atoms with E-state index in [1.807, 2.05) is 0 Å². The lowest BCUT2D eigenvalue weighted by Gasteiger charge is -2.49. The number of aliphatic carboxylic acids is 1. The molecule has 172 valence electrons. The molecule has 3 rings (SSSR count). The van der Waals surface area contributed by atoms with E-state index in [0.29, 0.717) is 0 Å². The summed E-state index contributed by atoms with van der Waals surface area (Å²) < 4.78 is 17.0. The maximum absolute atomic E-state index is 12.6. The van der Waals surface area contributed by atoms with Gasteiger partial charge in [0.15, 0.2) is 10.8 Å². The molecule has 6 N–H and O–H groups in total. The summed E-state index contributed by atoms with van der Waals surface area (Å²) in [5.41, 5.74) is 4.89. The third-order valence-electron chi connectivity index (χ3n) is 4.36. The molecule has 0 aromatic carbocycles. The minimum Gasteiger partial charge on any atom is -0.477 e. The number of hydrogen-bond donors (Lipinski definition) is 5. The third-order valence-corrected chi connectivity index (χ3v) is 6.37. The number of alkyl halides is 1. The van der Waals surface area contributed by atoms with E-state index in [1.54, 1.807) is 0 Å². The lowest BCUT2D eigenvalue weighted by atomic mass is 10.0. The Morgan fingerprint density at radius 1 is 1.44 bits per heavy atom. The van der Waals surface area contributed by atoms with Crippen LogP contribution in [0.1, 0.15) is 5.69 Å². The second kappa shape index (κ2) is 9.82. The molecule has 1 fully saturated rings. The highest BCUT2D eigenvalue weighted by molar-refractivity contribution is 8.00. The fourth-order valence-corrected chi connectivity index (χ4v) is 4.84. The zero-order valence-electron chi connectivity index (χ0n) is 16.1. The fraction of sp³-hybridized carbons (Fsp3) is 0.375. The van der Waals surface area contributed by atoms with Crippen molar-refractivity contribution in [3.63, 3.8) is 0 Å². The number of anilines is 1. The van der Waals surface area contributed by atoms with Gasteiger partial charge in [-0.05, 0) is 0 Å². The highest BCUT2D eigenvalue weighted by atomic mass is 32.2. The molecule has 1 saturated heterocycles. The summed E-state index contributed by atoms with van der Waals surface area (Å²) in [6.07, 6.45) is -0.925. The molecule has 0 radical (unpaired) electrons. The van der Waals surface area contributed by atoms with E-state index in [-0.39, 0.29) is 34.4 Å². The van der Waals surface area contributed by atoms with Crippen molar-refractivity contribution in [1.29, 1.82) is 0 Å². The molecule has 0 spiro atoms. The predicted molar refractivity (Wildman–Crippen MR) is 110 cm³/mol. The Kier molecular flexibility index (Phi) is 7.14. The second-order valence-electron chi connectivity index (χ2n) is 6.33. The Labute approximate surface area is 187 Å². The van der Waals surface area contributed by atoms with Crippen LogP contribution in [0.3, 0.4) is 0 Å². The van der Waals surface area contributed by atoms with Gasteiger partial charge in [0.05, 0.1) is 0 Å². The average Bonchev–Trinajstić information content (AvgIpc) is 3.19. The summed E-state index contributed by atoms with van der Waals surface area (Å²) in [4.78, 5) is 53.2. The van der Waals surface area contributed by atoms with E-state index in [9.17, 15) is 28.7 Å². The molecule has 2 aliphatic heterocycles. The summed E-state index contributed by atoms with van der Waals surface area (Å²) in [6, 6.07) is -1.08. The van der Waals surface area contributed by atoms with Gasteiger partial charge in [-0.2, -0.15) is 0 Å². The van der Waals surface area contributed by atoms with Gasteiger partial charge in [-0.15, -0.1) is 23.1 Å². The molecule has 2 aliphatic rings. The summed E-state index contributed by atoms with van der Waals surface area (Å²) in [7, 11) is 0. The van der Waals surface area contributed by atoms with Crippen LogP contribution in [-0.4, -0.2) is 86.8 Å². The molecule has 1 unspecified atom stereocenters. The molecule has 32 heavy (non-hydrogen) atoms. The number of nitrogens with one attached hydrogen (secondary N) is 2. The summed E-state index contributed by atoms with van der Waals surface area (Å²) in [6.45, 7) is -1.45. The number of rotatable bonds is 8. The van der Waals surface area contributed by atoms with Crippen LogP contribution in [0, 0.1) is 0 Å². The van der Waals surface area contributed by atoms with Crippen LogP contribution in [0.2, 0.25) is 0 Å². The minimum absolute atomic E-state index is 0.0176. The number of oxime groups is 1. The molecule has 0 bridgehead atoms. The first-order valence-corrected chi connectivity index (χ1v) is 10.8. The number of halogens is 1. The van der Waals surface area contributed by atoms with Gasteiger partial charge in [-0.3, -0.25) is 14.5 Å². The van der Waals surface area contributed by atoms with Gasteiger partial charge in [-0.1, -0.05) is 5.16 Å². The molecular formula is C16H17FN6O7S2. The van der Waals surface area contributed by atoms with Crippen LogP contribution in [0.15, 0.2) is 21.8 Å². The zero-order valence-corrected chi connectivity index (χ0v) is 17.7. The quantitative estimate of drug-likeness (QED) is 0.135. The van der Waals surface area contributed by atoms with E-state index >= 15 is 0 Å². The van der Waals surface area contributed by atoms with Crippen molar-refractivity contribution in [3.8, 4) is 0 Å². The molecule has 3 amide bonds. The number of thiazole rings is 1. The largest absolute Gasteiger partial charge is 0.477 e. The van der Waals surface area contributed by atoms with E-state index in [4.69, 9.17) is 15.7 Å². The number of carbonyl (C=O) groups excluding carboxylic acids is 3. The van der Waals surface area contributed by atoms with Crippen molar-refractivity contribution in [2.24, 2.45) is 5.16 Å². The van der Waals surface area contributed by atoms with E-state index in [0.717, 1.165) is 28.0 Å². The van der Waals surface area contributed by atoms with E-state index in [2.05, 4.69) is 20.8 Å². The molecular weight excluding hydrogens is 471 g/mol. The van der Waals surface area contributed by atoms with Gasteiger partial charge in [0.25, 0.3) is 11.8 Å². The van der Waals surface area contributed by atoms with Gasteiger partial charge < -0.3 is 31.4 Å². The first kappa shape index (κ1) is 23.3. The normalized spacial score (nSPS) is 20.3. The average molecular weight is 488 g/mol. The summed E-state index contributed by atoms with van der Waals surface area (Å²) in [5.74, 6) is -2.91. The molecule has 0 aliphatic carbocycles. The number of aromatic nitrogens is 1. The number of β-lactam (4-membered cyclic amide) rings is 1. The molecule has 0 saturated carbocycles. The summed E-state index contributed by atoms with van der Waals surface area (Å²) >= 11 is 2.17. The van der Waals surface area contributed by atoms with E-state index in [1.165, 1.54) is 5.38 Å². The smallest absolute Gasteiger partial charge is 0.407 e. The Bertz CT molecular complexity index is 1010. The van der Waals surface area contributed by atoms with Crippen molar-refractivity contribution >= 4 is 57.8 Å². The number of carboxylic acids is 1. The number of amides is 3. The fourth-order valence-electron chi connectivity index (χ4n) is 2.97. The van der Waals surface area contributed by atoms with Crippen molar-refractivity contribution in [3.05, 3.63) is 22.3 Å². The van der Waals surface area contributed by atoms with Crippen molar-refractivity contribution < 1.29 is 38.6 Å². The standard InChI is InChI=1S/C16H17FN6O7S2/c17-1-2-19-16(28)30-3-6-4-31-13-9(12(25)23(13)10(6)14(26)27)21-11(24)8(22-29)7-5-32-15(18)20-7/h5,9,13,29H,1-4H2,(H2,18,20)(H,19,28)(H,21,24)(H,26,27)/b22-8-/t9?,13-/m0/s1. The van der Waals surface area contributed by atoms with Crippen molar-refractivity contribution in [2.75, 3.05) is 31.3 Å². The lowest BCUT2D eigenvalue weighted by Crippen LogP contribution is -2.71. The van der Waals surface area contributed by atoms with Crippen LogP contribution in [0.25, 0.3) is 0 Å². The van der Waals surface area contributed by atoms with Crippen LogP contribution in [0.4, 0.5) is 14.3 Å². The maximum atomic E-state index is 12.6. The lowest BCUT2D eigenvalue weighted by molar-refractivity contribution is -0.150. The Hall–Kier alpha value is -3.40. The SMILES string of the molecule is Nc1nc(/C(=N/O)C(=O)NC2C(=O)N3C(C(=O)O)=C(COC(=O)NCCF)CS[C@@H]23)cs1. The molecule has 16 heteroatoms. The van der Waals surface area contributed by atoms with Gasteiger partial charge in [0.1, 0.15) is 36.1 Å². The number of fused-ring (bicyclic) bond motifs is 1. The van der Waals surface area contributed by atoms with Crippen LogP contribution in [-0.2, 0) is 19.1 Å². The number of nitrogens with two attached hydrogens (primary N) is 1. The van der Waals surface area contributed by atoms with Crippen molar-refractivity contribution in [1.82, 2.24) is 20.5 Å². The number of carbonyl (C=O) groups is 4. The third kappa shape index (κ3) is 4.59. The summed E-state index contributed by atoms with van der Waals surface area (Å²) in [5, 5.41) is 27.0. The Balaban J connectivity index is 1.70. The van der Waals surface area contributed by atoms with Gasteiger partial charge in [0, 0.05) is 23.3 Å². The highest BCUT2D eigenvalue weighted by Crippen LogP contribution is 2.40. The van der Waals surface area contributed by atoms with Crippen molar-refractivity contribution in [2.45, 2.75) is 11.4 Å². The Morgan fingerprint density at radius 3 is 2.78 bits per heavy atom. The maximum Gasteiger partial charge on any atom is 0.407 e. The number of hydrogen-bond acceptors (Lipinski definition) is 11. The van der Waals surface area contributed by atoms with Gasteiger partial charge >= 0.3 is 12.1 Å². The zero-order chi connectivity index (χ0) is 23.4. The number of ether oxygens (including phenoxy) is 1. The number of thioether (sulfide) groups is 1. The molecule has 13 nitrogen and oxygen atoms in total. The number of nitrogen functional groups attached to an aromatic ring is 1. The predicted octanol–water partition coefficient (Wildman–Crippen LogP) is -0.662. The molecule has 1 aromatic rings. The monoisotopic (exact) mass is 488 g/mol. The molecule has 1 aromatic heterocycles. The number of alkyl carbamates (subject to hydrolysis) is 1. The van der Waals surface area contributed by atoms with Gasteiger partial charge in [0.2, 0.25) is 0 Å². The highest BCUT2D eigenvalue weighted by Gasteiger charge is 2.54. The van der Waals surface area contributed by atoms with Crippen LogP contribution in [0.5, 0.6) is 0 Å². The Morgan fingerprint density at radius 2 is 2.19 bits per heavy atom. The molecule has 2 atom stereocenters. The second-order valence-corrected chi connectivity index (χ2v) is 8.32. The number of carboxylic acid groups (broad SMARTS) is 1. The van der Waals surface area contributed by atoms with Crippen LogP contribution >= 0.6 is 23.1 Å². The topological polar surface area (TPSA) is 197 Å². The van der Waals surface area contributed by atoms with E-state index < -0.39 is 54.3 Å². The van der Waals surface area contributed by atoms with Crippen LogP contribution < -0.4 is 16.4 Å². The first-order chi connectivity index (χ1) is 15.3. The first-order valence-electron chi connectivity index (χ1n) is 8.89. The van der Waals surface area contributed by atoms with Gasteiger partial charge in [-0.25, -0.2) is 19.0 Å².